The smallest absolute Gasteiger partial charge is 0.201 e. The number of hydrazone groups is 1. The van der Waals surface area contributed by atoms with Gasteiger partial charge < -0.3 is 10.0 Å². The van der Waals surface area contributed by atoms with Crippen LogP contribution in [0.4, 0.5) is 0 Å². The second-order valence-electron chi connectivity index (χ2n) is 4.69. The van der Waals surface area contributed by atoms with E-state index < -0.39 is 0 Å². The van der Waals surface area contributed by atoms with Gasteiger partial charge in [0.15, 0.2) is 0 Å². The minimum atomic E-state index is 0.238. The van der Waals surface area contributed by atoms with E-state index in [0.717, 1.165) is 31.7 Å². The van der Waals surface area contributed by atoms with Crippen LogP contribution < -0.4 is 10.9 Å². The first-order valence-electron chi connectivity index (χ1n) is 6.46. The number of phenolic OH excluding ortho intramolecular Hbond substituents is 1. The predicted octanol–water partition coefficient (Wildman–Crippen LogP) is 0.353. The van der Waals surface area contributed by atoms with Crippen molar-refractivity contribution in [2.75, 3.05) is 33.2 Å². The molecule has 0 bridgehead atoms. The van der Waals surface area contributed by atoms with Crippen LogP contribution in [-0.4, -0.2) is 59.6 Å². The molecule has 108 valence electrons. The van der Waals surface area contributed by atoms with E-state index in [0.29, 0.717) is 5.11 Å². The summed E-state index contributed by atoms with van der Waals surface area (Å²) in [6.07, 6.45) is 1.65. The van der Waals surface area contributed by atoms with Crippen molar-refractivity contribution < 1.29 is 5.11 Å². The number of hydrazine groups is 1. The van der Waals surface area contributed by atoms with Gasteiger partial charge in [-0.3, -0.25) is 10.9 Å². The number of nitrogens with zero attached hydrogens (tertiary/aromatic N) is 3. The summed E-state index contributed by atoms with van der Waals surface area (Å²) in [5.41, 5.74) is 6.77. The molecule has 0 amide bonds. The van der Waals surface area contributed by atoms with Gasteiger partial charge in [0.25, 0.3) is 0 Å². The average Bonchev–Trinajstić information content (AvgIpc) is 2.44. The Balaban J connectivity index is 1.73. The molecule has 0 unspecified atom stereocenters. The third-order valence-corrected chi connectivity index (χ3v) is 3.22. The first kappa shape index (κ1) is 14.7. The van der Waals surface area contributed by atoms with Crippen LogP contribution in [0.2, 0.25) is 0 Å². The molecule has 3 N–H and O–H groups in total. The van der Waals surface area contributed by atoms with Gasteiger partial charge >= 0.3 is 0 Å². The summed E-state index contributed by atoms with van der Waals surface area (Å²) in [7, 11) is 2.11. The lowest BCUT2D eigenvalue weighted by Crippen LogP contribution is -2.54. The van der Waals surface area contributed by atoms with E-state index in [4.69, 9.17) is 12.2 Å². The Morgan fingerprint density at radius 3 is 2.55 bits per heavy atom. The summed E-state index contributed by atoms with van der Waals surface area (Å²) < 4.78 is 0. The first-order chi connectivity index (χ1) is 9.63. The van der Waals surface area contributed by atoms with E-state index in [9.17, 15) is 5.11 Å². The molecule has 0 aromatic heterocycles. The minimum absolute atomic E-state index is 0.238. The predicted molar refractivity (Wildman–Crippen MR) is 83.6 cm³/mol. The second kappa shape index (κ2) is 7.18. The lowest BCUT2D eigenvalue weighted by molar-refractivity contribution is 0.130. The van der Waals surface area contributed by atoms with Gasteiger partial charge in [-0.25, -0.2) is 5.01 Å². The van der Waals surface area contributed by atoms with E-state index >= 15 is 0 Å². The number of aromatic hydroxyl groups is 1. The highest BCUT2D eigenvalue weighted by Crippen LogP contribution is 2.07. The van der Waals surface area contributed by atoms with Crippen molar-refractivity contribution in [3.05, 3.63) is 29.8 Å². The Kier molecular flexibility index (Phi) is 5.28. The van der Waals surface area contributed by atoms with Crippen molar-refractivity contribution >= 4 is 23.5 Å². The van der Waals surface area contributed by atoms with Crippen molar-refractivity contribution in [3.63, 3.8) is 0 Å². The average molecular weight is 293 g/mol. The lowest BCUT2D eigenvalue weighted by atomic mass is 10.2. The molecule has 1 heterocycles. The molecule has 1 saturated heterocycles. The Hall–Kier alpha value is -1.70. The van der Waals surface area contributed by atoms with Crippen LogP contribution in [0.1, 0.15) is 5.56 Å². The summed E-state index contributed by atoms with van der Waals surface area (Å²) in [6.45, 7) is 3.90. The molecular weight excluding hydrogens is 274 g/mol. The van der Waals surface area contributed by atoms with Crippen LogP contribution in [0.3, 0.4) is 0 Å². The molecule has 6 nitrogen and oxygen atoms in total. The van der Waals surface area contributed by atoms with Gasteiger partial charge in [-0.05, 0) is 49.1 Å². The summed E-state index contributed by atoms with van der Waals surface area (Å²) in [6, 6.07) is 6.78. The van der Waals surface area contributed by atoms with Gasteiger partial charge in [0.1, 0.15) is 5.75 Å². The number of thiocarbonyl (C=S) groups is 1. The topological polar surface area (TPSA) is 63.1 Å². The van der Waals surface area contributed by atoms with E-state index in [1.165, 1.54) is 0 Å². The zero-order valence-electron chi connectivity index (χ0n) is 11.4. The van der Waals surface area contributed by atoms with Gasteiger partial charge in [-0.2, -0.15) is 5.10 Å². The van der Waals surface area contributed by atoms with Crippen LogP contribution in [0.5, 0.6) is 5.75 Å². The summed E-state index contributed by atoms with van der Waals surface area (Å²) in [4.78, 5) is 2.28. The molecule has 1 aliphatic rings. The third-order valence-electron chi connectivity index (χ3n) is 3.04. The standard InChI is InChI=1S/C13H19N5OS/c1-17-6-8-18(9-7-17)16-13(20)15-14-10-11-2-4-12(19)5-3-11/h2-5,10,19H,6-9H2,1H3,(H2,15,16,20)/b14-10+. The van der Waals surface area contributed by atoms with Gasteiger partial charge in [-0.15, -0.1) is 0 Å². The fourth-order valence-electron chi connectivity index (χ4n) is 1.81. The molecule has 0 spiro atoms. The van der Waals surface area contributed by atoms with E-state index in [1.54, 1.807) is 30.5 Å². The molecule has 7 heteroatoms. The number of rotatable bonds is 3. The highest BCUT2D eigenvalue weighted by molar-refractivity contribution is 7.80. The van der Waals surface area contributed by atoms with E-state index in [-0.39, 0.29) is 5.75 Å². The highest BCUT2D eigenvalue weighted by atomic mass is 32.1. The lowest BCUT2D eigenvalue weighted by Gasteiger charge is -2.32. The number of likely N-dealkylation sites (N-methyl/N-ethyl adjacent to an activating group) is 1. The number of hydrogen-bond acceptors (Lipinski definition) is 5. The van der Waals surface area contributed by atoms with Crippen LogP contribution in [0, 0.1) is 0 Å². The maximum absolute atomic E-state index is 9.17. The quantitative estimate of drug-likeness (QED) is 0.425. The van der Waals surface area contributed by atoms with E-state index in [2.05, 4.69) is 32.9 Å². The molecule has 0 radical (unpaired) electrons. The minimum Gasteiger partial charge on any atom is -0.508 e. The molecule has 1 aromatic rings. The Morgan fingerprint density at radius 2 is 1.90 bits per heavy atom. The van der Waals surface area contributed by atoms with Gasteiger partial charge in [0.05, 0.1) is 6.21 Å². The van der Waals surface area contributed by atoms with Gasteiger partial charge in [0.2, 0.25) is 5.11 Å². The molecule has 0 atom stereocenters. The summed E-state index contributed by atoms with van der Waals surface area (Å²) in [5, 5.41) is 15.8. The monoisotopic (exact) mass is 293 g/mol. The summed E-state index contributed by atoms with van der Waals surface area (Å²) in [5.74, 6) is 0.238. The van der Waals surface area contributed by atoms with Crippen molar-refractivity contribution in [1.29, 1.82) is 0 Å². The zero-order chi connectivity index (χ0) is 14.4. The van der Waals surface area contributed by atoms with Crippen molar-refractivity contribution in [2.24, 2.45) is 5.10 Å². The highest BCUT2D eigenvalue weighted by Gasteiger charge is 2.13. The summed E-state index contributed by atoms with van der Waals surface area (Å²) >= 11 is 5.17. The molecule has 0 aliphatic carbocycles. The molecule has 1 aromatic carbocycles. The Morgan fingerprint density at radius 1 is 1.25 bits per heavy atom. The van der Waals surface area contributed by atoms with Crippen LogP contribution in [0.25, 0.3) is 0 Å². The van der Waals surface area contributed by atoms with Gasteiger partial charge in [0, 0.05) is 26.2 Å². The number of benzene rings is 1. The van der Waals surface area contributed by atoms with E-state index in [1.807, 2.05) is 0 Å². The number of hydrogen-bond donors (Lipinski definition) is 3. The molecule has 20 heavy (non-hydrogen) atoms. The van der Waals surface area contributed by atoms with Crippen LogP contribution in [0.15, 0.2) is 29.4 Å². The Labute approximate surface area is 124 Å². The Bertz CT molecular complexity index is 468. The molecular formula is C13H19N5OS. The van der Waals surface area contributed by atoms with Crippen molar-refractivity contribution in [3.8, 4) is 5.75 Å². The first-order valence-corrected chi connectivity index (χ1v) is 6.86. The SMILES string of the molecule is CN1CCN(NC(=S)N/N=C/c2ccc(O)cc2)CC1. The maximum Gasteiger partial charge on any atom is 0.201 e. The molecule has 1 aliphatic heterocycles. The second-order valence-corrected chi connectivity index (χ2v) is 5.10. The normalized spacial score (nSPS) is 17.2. The van der Waals surface area contributed by atoms with Crippen LogP contribution in [-0.2, 0) is 0 Å². The van der Waals surface area contributed by atoms with Crippen LogP contribution >= 0.6 is 12.2 Å². The fraction of sp³-hybridized carbons (Fsp3) is 0.385. The number of nitrogens with one attached hydrogen (secondary N) is 2. The molecule has 2 rings (SSSR count). The third kappa shape index (κ3) is 4.76. The van der Waals surface area contributed by atoms with Crippen molar-refractivity contribution in [1.82, 2.24) is 20.8 Å². The number of piperazine rings is 1. The van der Waals surface area contributed by atoms with Gasteiger partial charge in [-0.1, -0.05) is 0 Å². The maximum atomic E-state index is 9.17. The zero-order valence-corrected chi connectivity index (χ0v) is 12.2. The fourth-order valence-corrected chi connectivity index (χ4v) is 1.99. The molecule has 0 saturated carbocycles. The number of phenols is 1. The largest absolute Gasteiger partial charge is 0.508 e. The molecule has 1 fully saturated rings. The van der Waals surface area contributed by atoms with Crippen molar-refractivity contribution in [2.45, 2.75) is 0 Å².